The molecule has 1 fully saturated rings. The van der Waals surface area contributed by atoms with Crippen LogP contribution in [0, 0.1) is 12.8 Å². The Labute approximate surface area is 200 Å². The number of guanidine groups is 1. The smallest absolute Gasteiger partial charge is 0.227 e. The van der Waals surface area contributed by atoms with Gasteiger partial charge in [0.1, 0.15) is 5.82 Å². The summed E-state index contributed by atoms with van der Waals surface area (Å²) in [5.74, 6) is 3.17. The second-order valence-electron chi connectivity index (χ2n) is 7.22. The molecule has 0 spiro atoms. The molecule has 1 unspecified atom stereocenters. The van der Waals surface area contributed by atoms with Gasteiger partial charge < -0.3 is 15.5 Å². The van der Waals surface area contributed by atoms with Gasteiger partial charge in [0.2, 0.25) is 5.91 Å². The highest BCUT2D eigenvalue weighted by Crippen LogP contribution is 2.25. The van der Waals surface area contributed by atoms with Gasteiger partial charge in [-0.3, -0.25) is 9.79 Å². The summed E-state index contributed by atoms with van der Waals surface area (Å²) in [7, 11) is 1.80. The number of anilines is 1. The number of carbonyl (C=O) groups is 1. The van der Waals surface area contributed by atoms with Crippen LogP contribution in [0.4, 0.5) is 5.82 Å². The van der Waals surface area contributed by atoms with E-state index in [-0.39, 0.29) is 29.9 Å². The minimum absolute atomic E-state index is 0. The van der Waals surface area contributed by atoms with Crippen LogP contribution in [-0.4, -0.2) is 54.2 Å². The van der Waals surface area contributed by atoms with Crippen LogP contribution in [0.5, 0.6) is 0 Å². The van der Waals surface area contributed by atoms with Crippen LogP contribution in [0.1, 0.15) is 18.4 Å². The number of nitrogens with one attached hydrogen (secondary N) is 2. The predicted molar refractivity (Wildman–Crippen MR) is 136 cm³/mol. The first kappa shape index (κ1) is 24.5. The predicted octanol–water partition coefficient (Wildman–Crippen LogP) is 4.03. The lowest BCUT2D eigenvalue weighted by Crippen LogP contribution is -2.41. The zero-order valence-corrected chi connectivity index (χ0v) is 20.7. The normalized spacial score (nSPS) is 16.1. The lowest BCUT2D eigenvalue weighted by atomic mass is 10.2. The Hall–Kier alpha value is -1.81. The van der Waals surface area contributed by atoms with Gasteiger partial charge in [-0.1, -0.05) is 24.3 Å². The van der Waals surface area contributed by atoms with E-state index in [1.165, 1.54) is 11.3 Å². The summed E-state index contributed by atoms with van der Waals surface area (Å²) in [6.45, 7) is 4.51. The van der Waals surface area contributed by atoms with Crippen molar-refractivity contribution in [3.8, 4) is 0 Å². The zero-order valence-electron chi connectivity index (χ0n) is 17.5. The van der Waals surface area contributed by atoms with Crippen molar-refractivity contribution in [1.82, 2.24) is 15.2 Å². The number of nitrogens with zero attached hydrogens (tertiary/aromatic N) is 3. The Morgan fingerprint density at radius 3 is 2.77 bits per heavy atom. The molecule has 0 bridgehead atoms. The van der Waals surface area contributed by atoms with Crippen LogP contribution < -0.4 is 10.6 Å². The molecule has 162 valence electrons. The van der Waals surface area contributed by atoms with E-state index in [1.807, 2.05) is 30.8 Å². The van der Waals surface area contributed by atoms with Crippen molar-refractivity contribution in [1.29, 1.82) is 0 Å². The van der Waals surface area contributed by atoms with Crippen molar-refractivity contribution in [3.05, 3.63) is 54.2 Å². The van der Waals surface area contributed by atoms with Gasteiger partial charge in [0.25, 0.3) is 0 Å². The van der Waals surface area contributed by atoms with E-state index in [0.29, 0.717) is 24.7 Å². The minimum atomic E-state index is -0.0529. The molecule has 1 saturated heterocycles. The standard InChI is InChI=1S/C22H29N5OS.HI/c1-17-8-9-20(25-14-17)26-21(28)10-12-24-22(23-2)27-13-11-18(15-27)16-29-19-6-4-3-5-7-19;/h3-9,14,18H,10-13,15-16H2,1-2H3,(H,23,24)(H,25,26,28);1H. The number of carbonyl (C=O) groups excluding carboxylic acids is 1. The molecule has 3 rings (SSSR count). The monoisotopic (exact) mass is 539 g/mol. The molecule has 6 nitrogen and oxygen atoms in total. The number of hydrogen-bond donors (Lipinski definition) is 2. The van der Waals surface area contributed by atoms with Crippen molar-refractivity contribution in [2.24, 2.45) is 10.9 Å². The summed E-state index contributed by atoms with van der Waals surface area (Å²) in [6, 6.07) is 14.3. The van der Waals surface area contributed by atoms with Crippen LogP contribution in [0.3, 0.4) is 0 Å². The topological polar surface area (TPSA) is 69.6 Å². The molecule has 30 heavy (non-hydrogen) atoms. The van der Waals surface area contributed by atoms with Crippen LogP contribution in [-0.2, 0) is 4.79 Å². The maximum Gasteiger partial charge on any atom is 0.227 e. The molecule has 1 aromatic carbocycles. The van der Waals surface area contributed by atoms with Crippen LogP contribution in [0.15, 0.2) is 58.5 Å². The van der Waals surface area contributed by atoms with E-state index in [9.17, 15) is 4.79 Å². The number of benzene rings is 1. The molecular formula is C22H30IN5OS. The Balaban J connectivity index is 0.00000320. The maximum atomic E-state index is 12.1. The Bertz CT molecular complexity index is 816. The number of hydrogen-bond acceptors (Lipinski definition) is 4. The average Bonchev–Trinajstić information content (AvgIpc) is 3.21. The van der Waals surface area contributed by atoms with E-state index in [1.54, 1.807) is 13.2 Å². The number of aromatic nitrogens is 1. The molecule has 0 aliphatic carbocycles. The largest absolute Gasteiger partial charge is 0.356 e. The molecule has 2 aromatic rings. The molecule has 0 saturated carbocycles. The average molecular weight is 539 g/mol. The molecule has 1 aliphatic heterocycles. The van der Waals surface area contributed by atoms with E-state index >= 15 is 0 Å². The Morgan fingerprint density at radius 1 is 1.27 bits per heavy atom. The van der Waals surface area contributed by atoms with Gasteiger partial charge in [0.15, 0.2) is 5.96 Å². The number of likely N-dealkylation sites (tertiary alicyclic amines) is 1. The van der Waals surface area contributed by atoms with E-state index in [4.69, 9.17) is 0 Å². The molecule has 1 atom stereocenters. The van der Waals surface area contributed by atoms with E-state index in [2.05, 4.69) is 55.8 Å². The molecule has 8 heteroatoms. The SMILES string of the molecule is CN=C(NCCC(=O)Nc1ccc(C)cn1)N1CCC(CSc2ccccc2)C1.I. The number of rotatable bonds is 7. The van der Waals surface area contributed by atoms with Gasteiger partial charge in [0, 0.05) is 49.9 Å². The summed E-state index contributed by atoms with van der Waals surface area (Å²) >= 11 is 1.92. The van der Waals surface area contributed by atoms with Gasteiger partial charge >= 0.3 is 0 Å². The van der Waals surface area contributed by atoms with Crippen molar-refractivity contribution in [2.75, 3.05) is 37.8 Å². The molecule has 1 amide bonds. The van der Waals surface area contributed by atoms with Crippen molar-refractivity contribution in [3.63, 3.8) is 0 Å². The number of amides is 1. The van der Waals surface area contributed by atoms with Crippen LogP contribution in [0.25, 0.3) is 0 Å². The highest BCUT2D eigenvalue weighted by Gasteiger charge is 2.24. The van der Waals surface area contributed by atoms with Crippen molar-refractivity contribution in [2.45, 2.75) is 24.7 Å². The van der Waals surface area contributed by atoms with Gasteiger partial charge in [-0.25, -0.2) is 4.98 Å². The number of pyridine rings is 1. The second-order valence-corrected chi connectivity index (χ2v) is 8.31. The first-order valence-electron chi connectivity index (χ1n) is 10.00. The Kier molecular flexibility index (Phi) is 10.4. The highest BCUT2D eigenvalue weighted by molar-refractivity contribution is 14.0. The summed E-state index contributed by atoms with van der Waals surface area (Å²) < 4.78 is 0. The van der Waals surface area contributed by atoms with Crippen molar-refractivity contribution < 1.29 is 4.79 Å². The van der Waals surface area contributed by atoms with Gasteiger partial charge in [-0.2, -0.15) is 0 Å². The lowest BCUT2D eigenvalue weighted by Gasteiger charge is -2.21. The third-order valence-electron chi connectivity index (χ3n) is 4.84. The minimum Gasteiger partial charge on any atom is -0.356 e. The summed E-state index contributed by atoms with van der Waals surface area (Å²) in [4.78, 5) is 24.3. The summed E-state index contributed by atoms with van der Waals surface area (Å²) in [6.07, 6.45) is 3.28. The van der Waals surface area contributed by atoms with Crippen LogP contribution in [0.2, 0.25) is 0 Å². The summed E-state index contributed by atoms with van der Waals surface area (Å²) in [5, 5.41) is 6.14. The molecule has 1 aliphatic rings. The number of aryl methyl sites for hydroxylation is 1. The number of thioether (sulfide) groups is 1. The van der Waals surface area contributed by atoms with E-state index < -0.39 is 0 Å². The maximum absolute atomic E-state index is 12.1. The summed E-state index contributed by atoms with van der Waals surface area (Å²) in [5.41, 5.74) is 1.07. The number of halogens is 1. The first-order valence-corrected chi connectivity index (χ1v) is 11.0. The Morgan fingerprint density at radius 2 is 2.07 bits per heavy atom. The third kappa shape index (κ3) is 7.79. The highest BCUT2D eigenvalue weighted by atomic mass is 127. The molecular weight excluding hydrogens is 509 g/mol. The third-order valence-corrected chi connectivity index (χ3v) is 6.08. The number of aliphatic imine (C=N–C) groups is 1. The lowest BCUT2D eigenvalue weighted by molar-refractivity contribution is -0.116. The molecule has 2 heterocycles. The van der Waals surface area contributed by atoms with Crippen LogP contribution >= 0.6 is 35.7 Å². The fraction of sp³-hybridized carbons (Fsp3) is 0.409. The quantitative estimate of drug-likeness (QED) is 0.241. The van der Waals surface area contributed by atoms with E-state index in [0.717, 1.165) is 30.4 Å². The van der Waals surface area contributed by atoms with Gasteiger partial charge in [-0.15, -0.1) is 35.7 Å². The fourth-order valence-corrected chi connectivity index (χ4v) is 4.31. The first-order chi connectivity index (χ1) is 14.1. The van der Waals surface area contributed by atoms with Gasteiger partial charge in [0.05, 0.1) is 0 Å². The van der Waals surface area contributed by atoms with Gasteiger partial charge in [-0.05, 0) is 43.0 Å². The van der Waals surface area contributed by atoms with Crippen molar-refractivity contribution >= 4 is 53.4 Å². The molecule has 2 N–H and O–H groups in total. The molecule has 1 aromatic heterocycles. The zero-order chi connectivity index (χ0) is 20.5. The molecule has 0 radical (unpaired) electrons. The second kappa shape index (κ2) is 12.8. The fourth-order valence-electron chi connectivity index (χ4n) is 3.26.